The summed E-state index contributed by atoms with van der Waals surface area (Å²) in [6.07, 6.45) is 1.16. The highest BCUT2D eigenvalue weighted by Gasteiger charge is 2.18. The molecule has 0 saturated heterocycles. The first-order chi connectivity index (χ1) is 9.24. The van der Waals surface area contributed by atoms with E-state index in [1.807, 2.05) is 18.2 Å². The molecule has 0 bridgehead atoms. The second-order valence-electron chi connectivity index (χ2n) is 4.57. The fraction of sp³-hybridized carbons (Fsp3) is 0.400. The van der Waals surface area contributed by atoms with E-state index in [1.165, 1.54) is 7.11 Å². The monoisotopic (exact) mass is 261 g/mol. The maximum Gasteiger partial charge on any atom is 0.306 e. The minimum absolute atomic E-state index is 0.0970. The third kappa shape index (κ3) is 3.35. The molecule has 0 saturated carbocycles. The summed E-state index contributed by atoms with van der Waals surface area (Å²) in [4.78, 5) is 14.9. The van der Waals surface area contributed by atoms with Crippen molar-refractivity contribution in [1.82, 2.24) is 4.98 Å². The molecule has 1 atom stereocenters. The lowest BCUT2D eigenvalue weighted by molar-refractivity contribution is -0.141. The third-order valence-corrected chi connectivity index (χ3v) is 3.30. The molecule has 1 aromatic carbocycles. The van der Waals surface area contributed by atoms with Crippen molar-refractivity contribution in [3.05, 3.63) is 36.0 Å². The summed E-state index contributed by atoms with van der Waals surface area (Å²) in [5.74, 6) is -0.0976. The van der Waals surface area contributed by atoms with Crippen LogP contribution in [-0.2, 0) is 14.3 Å². The SMILES string of the molecule is COCCC(CC(=O)OC)c1cc2ccccc2[nH]1. The molecule has 1 unspecified atom stereocenters. The Morgan fingerprint density at radius 2 is 2.11 bits per heavy atom. The molecule has 4 nitrogen and oxygen atoms in total. The Labute approximate surface area is 112 Å². The maximum absolute atomic E-state index is 11.5. The molecule has 4 heteroatoms. The Bertz CT molecular complexity index is 514. The minimum Gasteiger partial charge on any atom is -0.469 e. The molecule has 0 radical (unpaired) electrons. The molecular formula is C15H19NO3. The third-order valence-electron chi connectivity index (χ3n) is 3.30. The average Bonchev–Trinajstić information content (AvgIpc) is 2.86. The number of benzene rings is 1. The summed E-state index contributed by atoms with van der Waals surface area (Å²) in [6.45, 7) is 0.622. The summed E-state index contributed by atoms with van der Waals surface area (Å²) in [5, 5.41) is 1.16. The van der Waals surface area contributed by atoms with E-state index in [0.29, 0.717) is 13.0 Å². The highest BCUT2D eigenvalue weighted by molar-refractivity contribution is 5.80. The second-order valence-corrected chi connectivity index (χ2v) is 4.57. The molecule has 0 aliphatic rings. The van der Waals surface area contributed by atoms with Gasteiger partial charge in [0.25, 0.3) is 0 Å². The van der Waals surface area contributed by atoms with Crippen molar-refractivity contribution < 1.29 is 14.3 Å². The van der Waals surface area contributed by atoms with Crippen LogP contribution in [0.2, 0.25) is 0 Å². The van der Waals surface area contributed by atoms with Gasteiger partial charge in [0.15, 0.2) is 0 Å². The number of H-pyrrole nitrogens is 1. The van der Waals surface area contributed by atoms with Crippen molar-refractivity contribution in [3.8, 4) is 0 Å². The number of carbonyl (C=O) groups excluding carboxylic acids is 1. The summed E-state index contributed by atoms with van der Waals surface area (Å²) in [7, 11) is 3.08. The number of nitrogens with one attached hydrogen (secondary N) is 1. The van der Waals surface area contributed by atoms with Crippen LogP contribution in [0.5, 0.6) is 0 Å². The number of para-hydroxylation sites is 1. The summed E-state index contributed by atoms with van der Waals surface area (Å²) < 4.78 is 9.88. The largest absolute Gasteiger partial charge is 0.469 e. The van der Waals surface area contributed by atoms with Gasteiger partial charge in [-0.15, -0.1) is 0 Å². The fourth-order valence-electron chi connectivity index (χ4n) is 2.23. The van der Waals surface area contributed by atoms with Crippen LogP contribution in [0, 0.1) is 0 Å². The Morgan fingerprint density at radius 1 is 1.32 bits per heavy atom. The van der Waals surface area contributed by atoms with Crippen molar-refractivity contribution in [1.29, 1.82) is 0 Å². The normalized spacial score (nSPS) is 12.5. The number of hydrogen-bond acceptors (Lipinski definition) is 3. The fourth-order valence-corrected chi connectivity index (χ4v) is 2.23. The predicted molar refractivity (Wildman–Crippen MR) is 74.2 cm³/mol. The lowest BCUT2D eigenvalue weighted by Gasteiger charge is -2.13. The van der Waals surface area contributed by atoms with E-state index in [0.717, 1.165) is 23.0 Å². The second kappa shape index (κ2) is 6.38. The quantitative estimate of drug-likeness (QED) is 0.813. The molecule has 0 aliphatic carbocycles. The van der Waals surface area contributed by atoms with Crippen LogP contribution < -0.4 is 0 Å². The van der Waals surface area contributed by atoms with Gasteiger partial charge in [0.05, 0.1) is 13.5 Å². The van der Waals surface area contributed by atoms with Gasteiger partial charge in [-0.05, 0) is 23.9 Å². The lowest BCUT2D eigenvalue weighted by atomic mass is 9.98. The van der Waals surface area contributed by atoms with E-state index in [4.69, 9.17) is 9.47 Å². The first kappa shape index (κ1) is 13.6. The zero-order valence-electron chi connectivity index (χ0n) is 11.3. The number of aromatic nitrogens is 1. The van der Waals surface area contributed by atoms with Gasteiger partial charge in [-0.2, -0.15) is 0 Å². The maximum atomic E-state index is 11.5. The highest BCUT2D eigenvalue weighted by Crippen LogP contribution is 2.26. The highest BCUT2D eigenvalue weighted by atomic mass is 16.5. The van der Waals surface area contributed by atoms with E-state index < -0.39 is 0 Å². The van der Waals surface area contributed by atoms with Gasteiger partial charge in [-0.3, -0.25) is 4.79 Å². The van der Waals surface area contributed by atoms with Crippen LogP contribution in [0.1, 0.15) is 24.5 Å². The topological polar surface area (TPSA) is 51.3 Å². The zero-order chi connectivity index (χ0) is 13.7. The Kier molecular flexibility index (Phi) is 4.58. The molecule has 1 aromatic heterocycles. The number of fused-ring (bicyclic) bond motifs is 1. The molecule has 0 fully saturated rings. The minimum atomic E-state index is -0.195. The van der Waals surface area contributed by atoms with Crippen LogP contribution >= 0.6 is 0 Å². The number of methoxy groups -OCH3 is 2. The average molecular weight is 261 g/mol. The van der Waals surface area contributed by atoms with Crippen molar-refractivity contribution in [3.63, 3.8) is 0 Å². The molecule has 19 heavy (non-hydrogen) atoms. The molecule has 2 rings (SSSR count). The number of ether oxygens (including phenoxy) is 2. The van der Waals surface area contributed by atoms with Gasteiger partial charge in [-0.25, -0.2) is 0 Å². The first-order valence-electron chi connectivity index (χ1n) is 6.38. The van der Waals surface area contributed by atoms with Gasteiger partial charge in [-0.1, -0.05) is 18.2 Å². The Hall–Kier alpha value is -1.81. The number of hydrogen-bond donors (Lipinski definition) is 1. The lowest BCUT2D eigenvalue weighted by Crippen LogP contribution is -2.11. The number of rotatable bonds is 6. The van der Waals surface area contributed by atoms with Gasteiger partial charge >= 0.3 is 5.97 Å². The molecule has 0 spiro atoms. The smallest absolute Gasteiger partial charge is 0.306 e. The molecule has 1 heterocycles. The number of esters is 1. The first-order valence-corrected chi connectivity index (χ1v) is 6.38. The van der Waals surface area contributed by atoms with Gasteiger partial charge < -0.3 is 14.5 Å². The summed E-state index contributed by atoms with van der Waals surface area (Å²) in [5.41, 5.74) is 2.15. The Balaban J connectivity index is 2.22. The molecule has 0 amide bonds. The van der Waals surface area contributed by atoms with Crippen LogP contribution in [0.3, 0.4) is 0 Å². The standard InChI is InChI=1S/C15H19NO3/c1-18-8-7-12(10-15(17)19-2)14-9-11-5-3-4-6-13(11)16-14/h3-6,9,12,16H,7-8,10H2,1-2H3. The van der Waals surface area contributed by atoms with E-state index in [9.17, 15) is 4.79 Å². The summed E-state index contributed by atoms with van der Waals surface area (Å²) in [6, 6.07) is 10.2. The molecule has 2 aromatic rings. The van der Waals surface area contributed by atoms with E-state index in [2.05, 4.69) is 17.1 Å². The van der Waals surface area contributed by atoms with Crippen LogP contribution in [0.15, 0.2) is 30.3 Å². The number of aromatic amines is 1. The zero-order valence-corrected chi connectivity index (χ0v) is 11.3. The van der Waals surface area contributed by atoms with Crippen molar-refractivity contribution >= 4 is 16.9 Å². The van der Waals surface area contributed by atoms with E-state index in [1.54, 1.807) is 7.11 Å². The molecule has 0 aliphatic heterocycles. The van der Waals surface area contributed by atoms with Crippen LogP contribution in [-0.4, -0.2) is 31.8 Å². The van der Waals surface area contributed by atoms with Crippen LogP contribution in [0.4, 0.5) is 0 Å². The number of carbonyl (C=O) groups is 1. The molecular weight excluding hydrogens is 242 g/mol. The van der Waals surface area contributed by atoms with Gasteiger partial charge in [0.2, 0.25) is 0 Å². The summed E-state index contributed by atoms with van der Waals surface area (Å²) >= 11 is 0. The Morgan fingerprint density at radius 3 is 2.79 bits per heavy atom. The van der Waals surface area contributed by atoms with Crippen molar-refractivity contribution in [2.75, 3.05) is 20.8 Å². The predicted octanol–water partition coefficient (Wildman–Crippen LogP) is 2.85. The van der Waals surface area contributed by atoms with E-state index in [-0.39, 0.29) is 11.9 Å². The van der Waals surface area contributed by atoms with E-state index >= 15 is 0 Å². The molecule has 102 valence electrons. The van der Waals surface area contributed by atoms with Gasteiger partial charge in [0, 0.05) is 30.8 Å². The van der Waals surface area contributed by atoms with Crippen LogP contribution in [0.25, 0.3) is 10.9 Å². The molecule has 1 N–H and O–H groups in total. The van der Waals surface area contributed by atoms with Crippen molar-refractivity contribution in [2.24, 2.45) is 0 Å². The van der Waals surface area contributed by atoms with Crippen molar-refractivity contribution in [2.45, 2.75) is 18.8 Å². The van der Waals surface area contributed by atoms with Gasteiger partial charge in [0.1, 0.15) is 0 Å².